The maximum atomic E-state index is 10.1. The van der Waals surface area contributed by atoms with E-state index in [2.05, 4.69) is 6.58 Å². The quantitative estimate of drug-likeness (QED) is 0.260. The molecule has 0 saturated carbocycles. The second-order valence-electron chi connectivity index (χ2n) is 3.08. The third-order valence-electron chi connectivity index (χ3n) is 1.63. The largest absolute Gasteiger partial charge is 0.626 e. The molecule has 0 spiro atoms. The fourth-order valence-corrected chi connectivity index (χ4v) is 1.20. The van der Waals surface area contributed by atoms with Crippen LogP contribution in [0.15, 0.2) is 12.7 Å². The summed E-state index contributed by atoms with van der Waals surface area (Å²) in [5, 5.41) is 11.8. The average Bonchev–Trinajstić information content (AvgIpc) is 2.26. The van der Waals surface area contributed by atoms with E-state index in [4.69, 9.17) is 9.47 Å². The van der Waals surface area contributed by atoms with E-state index in [9.17, 15) is 5.21 Å². The molecule has 0 aliphatic carbocycles. The van der Waals surface area contributed by atoms with E-state index in [-0.39, 0.29) is 12.2 Å². The van der Waals surface area contributed by atoms with Gasteiger partial charge in [0.25, 0.3) is 0 Å². The highest BCUT2D eigenvalue weighted by molar-refractivity contribution is 5.59. The first kappa shape index (κ1) is 9.22. The molecule has 68 valence electrons. The summed E-state index contributed by atoms with van der Waals surface area (Å²) in [6, 6.07) is 0. The van der Waals surface area contributed by atoms with Gasteiger partial charge in [0.2, 0.25) is 0 Å². The van der Waals surface area contributed by atoms with Gasteiger partial charge in [0.15, 0.2) is 18.1 Å². The molecule has 12 heavy (non-hydrogen) atoms. The van der Waals surface area contributed by atoms with E-state index >= 15 is 0 Å². The predicted octanol–water partition coefficient (Wildman–Crippen LogP) is -0.658. The molecule has 0 bridgehead atoms. The molecule has 0 aromatic rings. The standard InChI is InChI=1S/C8H13NO3/c1-4-6-7(5-9-10)12-8(2,3)11-6/h4-7,9H,1H2,2-3H3/b9-5-/t6-,7+/m1/s1. The van der Waals surface area contributed by atoms with E-state index < -0.39 is 5.79 Å². The van der Waals surface area contributed by atoms with Gasteiger partial charge in [-0.3, -0.25) is 0 Å². The van der Waals surface area contributed by atoms with Crippen LogP contribution in [0.4, 0.5) is 0 Å². The number of hydrogen-bond donors (Lipinski definition) is 1. The molecule has 0 aromatic heterocycles. The lowest BCUT2D eigenvalue weighted by molar-refractivity contribution is -0.371. The molecule has 1 N–H and O–H groups in total. The molecule has 1 heterocycles. The van der Waals surface area contributed by atoms with Crippen LogP contribution in [0.25, 0.3) is 0 Å². The van der Waals surface area contributed by atoms with Crippen molar-refractivity contribution in [2.24, 2.45) is 0 Å². The zero-order chi connectivity index (χ0) is 9.19. The molecule has 1 saturated heterocycles. The van der Waals surface area contributed by atoms with Crippen LogP contribution in [-0.2, 0) is 9.47 Å². The van der Waals surface area contributed by atoms with Crippen LogP contribution in [0, 0.1) is 5.21 Å². The van der Waals surface area contributed by atoms with Gasteiger partial charge in [0, 0.05) is 0 Å². The Morgan fingerprint density at radius 3 is 2.50 bits per heavy atom. The molecule has 4 heteroatoms. The summed E-state index contributed by atoms with van der Waals surface area (Å²) in [7, 11) is 0. The smallest absolute Gasteiger partial charge is 0.181 e. The molecule has 0 unspecified atom stereocenters. The number of ether oxygens (including phenoxy) is 2. The van der Waals surface area contributed by atoms with E-state index in [1.807, 2.05) is 0 Å². The van der Waals surface area contributed by atoms with Gasteiger partial charge in [-0.2, -0.15) is 0 Å². The summed E-state index contributed by atoms with van der Waals surface area (Å²) in [5.74, 6) is -0.642. The predicted molar refractivity (Wildman–Crippen MR) is 44.4 cm³/mol. The van der Waals surface area contributed by atoms with Crippen LogP contribution in [-0.4, -0.2) is 24.2 Å². The van der Waals surface area contributed by atoms with Crippen molar-refractivity contribution in [2.75, 3.05) is 0 Å². The van der Waals surface area contributed by atoms with Gasteiger partial charge in [-0.05, 0) is 13.8 Å². The normalized spacial score (nSPS) is 34.2. The summed E-state index contributed by atoms with van der Waals surface area (Å²) < 4.78 is 10.8. The lowest BCUT2D eigenvalue weighted by atomic mass is 10.2. The van der Waals surface area contributed by atoms with Crippen molar-refractivity contribution in [3.05, 3.63) is 17.9 Å². The van der Waals surface area contributed by atoms with E-state index in [1.54, 1.807) is 25.1 Å². The monoisotopic (exact) mass is 171 g/mol. The van der Waals surface area contributed by atoms with E-state index in [0.717, 1.165) is 0 Å². The zero-order valence-electron chi connectivity index (χ0n) is 7.24. The van der Waals surface area contributed by atoms with E-state index in [1.165, 1.54) is 6.21 Å². The molecular weight excluding hydrogens is 158 g/mol. The Labute approximate surface area is 71.5 Å². The van der Waals surface area contributed by atoms with Gasteiger partial charge < -0.3 is 14.7 Å². The molecule has 0 amide bonds. The van der Waals surface area contributed by atoms with Gasteiger partial charge >= 0.3 is 0 Å². The third-order valence-corrected chi connectivity index (χ3v) is 1.63. The third kappa shape index (κ3) is 1.84. The highest BCUT2D eigenvalue weighted by Crippen LogP contribution is 2.27. The summed E-state index contributed by atoms with van der Waals surface area (Å²) in [6.07, 6.45) is 2.32. The number of hydrogen-bond acceptors (Lipinski definition) is 3. The Morgan fingerprint density at radius 1 is 1.42 bits per heavy atom. The van der Waals surface area contributed by atoms with Crippen molar-refractivity contribution in [3.63, 3.8) is 0 Å². The highest BCUT2D eigenvalue weighted by atomic mass is 16.7. The van der Waals surface area contributed by atoms with Gasteiger partial charge in [0.1, 0.15) is 6.10 Å². The second kappa shape index (κ2) is 3.25. The van der Waals surface area contributed by atoms with Crippen molar-refractivity contribution in [2.45, 2.75) is 31.8 Å². The van der Waals surface area contributed by atoms with Crippen LogP contribution < -0.4 is 5.16 Å². The Kier molecular flexibility index (Phi) is 2.49. The minimum Gasteiger partial charge on any atom is -0.626 e. The number of rotatable bonds is 2. The van der Waals surface area contributed by atoms with Crippen molar-refractivity contribution in [1.82, 2.24) is 0 Å². The van der Waals surface area contributed by atoms with Gasteiger partial charge in [0.05, 0.1) is 0 Å². The van der Waals surface area contributed by atoms with Gasteiger partial charge in [-0.1, -0.05) is 6.08 Å². The maximum Gasteiger partial charge on any atom is 0.181 e. The van der Waals surface area contributed by atoms with Crippen molar-refractivity contribution in [1.29, 1.82) is 0 Å². The molecule has 4 nitrogen and oxygen atoms in total. The van der Waals surface area contributed by atoms with E-state index in [0.29, 0.717) is 0 Å². The molecule has 1 fully saturated rings. The first-order valence-electron chi connectivity index (χ1n) is 3.78. The van der Waals surface area contributed by atoms with Gasteiger partial charge in [-0.25, -0.2) is 5.16 Å². The first-order valence-corrected chi connectivity index (χ1v) is 3.78. The van der Waals surface area contributed by atoms with Crippen LogP contribution in [0.3, 0.4) is 0 Å². The van der Waals surface area contributed by atoms with Crippen molar-refractivity contribution < 1.29 is 14.6 Å². The average molecular weight is 171 g/mol. The molecular formula is C8H13NO3. The maximum absolute atomic E-state index is 10.1. The summed E-state index contributed by atoms with van der Waals surface area (Å²) in [6.45, 7) is 7.17. The molecule has 1 aliphatic rings. The Bertz CT molecular complexity index is 200. The van der Waals surface area contributed by atoms with Crippen LogP contribution >= 0.6 is 0 Å². The molecule has 0 aromatic carbocycles. The summed E-state index contributed by atoms with van der Waals surface area (Å²) in [4.78, 5) is 0. The molecule has 2 atom stereocenters. The summed E-state index contributed by atoms with van der Waals surface area (Å²) in [5.41, 5.74) is 0. The van der Waals surface area contributed by atoms with Crippen molar-refractivity contribution in [3.8, 4) is 0 Å². The Balaban J connectivity index is 2.69. The minimum atomic E-state index is -0.642. The highest BCUT2D eigenvalue weighted by Gasteiger charge is 2.40. The Hall–Kier alpha value is -0.870. The lowest BCUT2D eigenvalue weighted by Crippen LogP contribution is -2.63. The van der Waals surface area contributed by atoms with Crippen LogP contribution in [0.2, 0.25) is 0 Å². The number of nitrogens with one attached hydrogen (secondary N) is 1. The van der Waals surface area contributed by atoms with Crippen LogP contribution in [0.1, 0.15) is 13.8 Å². The zero-order valence-corrected chi connectivity index (χ0v) is 7.24. The lowest BCUT2D eigenvalue weighted by Gasteiger charge is -2.15. The molecule has 1 aliphatic heterocycles. The van der Waals surface area contributed by atoms with Crippen molar-refractivity contribution >= 4 is 6.21 Å². The topological polar surface area (TPSA) is 55.5 Å². The fourth-order valence-electron chi connectivity index (χ4n) is 1.20. The van der Waals surface area contributed by atoms with Gasteiger partial charge in [-0.15, -0.1) is 6.58 Å². The van der Waals surface area contributed by atoms with Crippen LogP contribution in [0.5, 0.6) is 0 Å². The minimum absolute atomic E-state index is 0.249. The SMILES string of the molecule is C=C[C@H]1OC(C)(C)O[C@H]1/C=[NH+]\[O-]. The molecule has 1 rings (SSSR count). The first-order chi connectivity index (χ1) is 5.59. The molecule has 0 radical (unpaired) electrons. The Morgan fingerprint density at radius 2 is 2.00 bits per heavy atom. The second-order valence-corrected chi connectivity index (χ2v) is 3.08. The summed E-state index contributed by atoms with van der Waals surface area (Å²) >= 11 is 0. The fraction of sp³-hybridized carbons (Fsp3) is 0.625.